The van der Waals surface area contributed by atoms with Crippen molar-refractivity contribution in [2.45, 2.75) is 33.2 Å². The van der Waals surface area contributed by atoms with E-state index >= 15 is 0 Å². The molecule has 21 heavy (non-hydrogen) atoms. The third-order valence-electron chi connectivity index (χ3n) is 3.64. The number of hydrogen-bond acceptors (Lipinski definition) is 3. The van der Waals surface area contributed by atoms with Crippen molar-refractivity contribution in [3.8, 4) is 5.75 Å². The summed E-state index contributed by atoms with van der Waals surface area (Å²) in [5.41, 5.74) is 0.853. The van der Waals surface area contributed by atoms with E-state index in [2.05, 4.69) is 35.7 Å². The van der Waals surface area contributed by atoms with Crippen LogP contribution in [0.2, 0.25) is 0 Å². The Labute approximate surface area is 123 Å². The van der Waals surface area contributed by atoms with Crippen molar-refractivity contribution >= 4 is 5.69 Å². The van der Waals surface area contributed by atoms with Crippen LogP contribution in [-0.4, -0.2) is 32.0 Å². The smallest absolute Gasteiger partial charge is 0.406 e. The van der Waals surface area contributed by atoms with Crippen LogP contribution < -0.4 is 15.0 Å². The lowest BCUT2D eigenvalue weighted by Crippen LogP contribution is -2.56. The molecule has 1 aliphatic heterocycles. The molecular formula is C15H21F3N2O. The van der Waals surface area contributed by atoms with Crippen LogP contribution in [0.15, 0.2) is 24.3 Å². The fourth-order valence-corrected chi connectivity index (χ4v) is 2.44. The van der Waals surface area contributed by atoms with E-state index in [0.29, 0.717) is 6.04 Å². The van der Waals surface area contributed by atoms with Gasteiger partial charge in [0.1, 0.15) is 5.75 Å². The molecule has 0 aliphatic carbocycles. The Morgan fingerprint density at radius 3 is 2.57 bits per heavy atom. The lowest BCUT2D eigenvalue weighted by atomic mass is 9.85. The first-order chi connectivity index (χ1) is 9.65. The van der Waals surface area contributed by atoms with Crippen molar-refractivity contribution in [1.29, 1.82) is 0 Å². The molecule has 0 aromatic heterocycles. The van der Waals surface area contributed by atoms with Crippen molar-refractivity contribution in [2.24, 2.45) is 5.41 Å². The second kappa shape index (κ2) is 5.75. The van der Waals surface area contributed by atoms with Crippen molar-refractivity contribution in [2.75, 3.05) is 24.5 Å². The molecule has 2 rings (SSSR count). The Bertz CT molecular complexity index is 483. The second-order valence-electron chi connectivity index (χ2n) is 6.36. The normalized spacial score (nSPS) is 20.5. The molecule has 1 aromatic carbocycles. The summed E-state index contributed by atoms with van der Waals surface area (Å²) in [6.07, 6.45) is -4.66. The number of ether oxygens (including phenoxy) is 1. The number of nitrogens with one attached hydrogen (secondary N) is 1. The average molecular weight is 302 g/mol. The lowest BCUT2D eigenvalue weighted by molar-refractivity contribution is -0.274. The molecule has 1 saturated heterocycles. The van der Waals surface area contributed by atoms with Gasteiger partial charge in [-0.1, -0.05) is 26.8 Å². The molecule has 0 radical (unpaired) electrons. The van der Waals surface area contributed by atoms with Gasteiger partial charge in [-0.15, -0.1) is 13.2 Å². The van der Waals surface area contributed by atoms with Crippen LogP contribution in [0.1, 0.15) is 20.8 Å². The number of rotatable bonds is 2. The van der Waals surface area contributed by atoms with E-state index in [1.165, 1.54) is 12.1 Å². The zero-order chi connectivity index (χ0) is 15.7. The summed E-state index contributed by atoms with van der Waals surface area (Å²) in [6.45, 7) is 8.79. The minimum Gasteiger partial charge on any atom is -0.406 e. The second-order valence-corrected chi connectivity index (χ2v) is 6.36. The molecule has 1 aromatic rings. The van der Waals surface area contributed by atoms with Gasteiger partial charge >= 0.3 is 6.36 Å². The average Bonchev–Trinajstić information content (AvgIpc) is 2.36. The maximum Gasteiger partial charge on any atom is 0.573 e. The Morgan fingerprint density at radius 1 is 1.24 bits per heavy atom. The van der Waals surface area contributed by atoms with Crippen molar-refractivity contribution in [3.05, 3.63) is 24.3 Å². The van der Waals surface area contributed by atoms with Gasteiger partial charge in [-0.05, 0) is 17.5 Å². The van der Waals surface area contributed by atoms with Crippen molar-refractivity contribution in [1.82, 2.24) is 5.32 Å². The number of benzene rings is 1. The summed E-state index contributed by atoms with van der Waals surface area (Å²) in [7, 11) is 0. The van der Waals surface area contributed by atoms with Crippen LogP contribution in [0.5, 0.6) is 5.75 Å². The van der Waals surface area contributed by atoms with Gasteiger partial charge in [-0.2, -0.15) is 0 Å². The summed E-state index contributed by atoms with van der Waals surface area (Å²) in [6, 6.07) is 6.45. The predicted octanol–water partition coefficient (Wildman–Crippen LogP) is 3.41. The Morgan fingerprint density at radius 2 is 1.95 bits per heavy atom. The molecule has 118 valence electrons. The van der Waals surface area contributed by atoms with Crippen molar-refractivity contribution < 1.29 is 17.9 Å². The van der Waals surface area contributed by atoms with E-state index in [-0.39, 0.29) is 11.2 Å². The minimum atomic E-state index is -4.66. The molecule has 1 heterocycles. The zero-order valence-corrected chi connectivity index (χ0v) is 12.5. The van der Waals surface area contributed by atoms with Gasteiger partial charge in [0.05, 0.1) is 0 Å². The highest BCUT2D eigenvalue weighted by Gasteiger charge is 2.32. The van der Waals surface area contributed by atoms with Gasteiger partial charge in [-0.3, -0.25) is 0 Å². The first-order valence-corrected chi connectivity index (χ1v) is 6.99. The van der Waals surface area contributed by atoms with Gasteiger partial charge in [0, 0.05) is 37.4 Å². The fourth-order valence-electron chi connectivity index (χ4n) is 2.44. The largest absolute Gasteiger partial charge is 0.573 e. The molecule has 1 fully saturated rings. The first-order valence-electron chi connectivity index (χ1n) is 6.99. The maximum atomic E-state index is 12.3. The van der Waals surface area contributed by atoms with Crippen LogP contribution in [0.4, 0.5) is 18.9 Å². The Balaban J connectivity index is 2.12. The summed E-state index contributed by atoms with van der Waals surface area (Å²) in [4.78, 5) is 2.09. The summed E-state index contributed by atoms with van der Waals surface area (Å²) < 4.78 is 40.8. The summed E-state index contributed by atoms with van der Waals surface area (Å²) >= 11 is 0. The highest BCUT2D eigenvalue weighted by atomic mass is 19.4. The molecular weight excluding hydrogens is 281 g/mol. The van der Waals surface area contributed by atoms with E-state index in [9.17, 15) is 13.2 Å². The van der Waals surface area contributed by atoms with E-state index in [4.69, 9.17) is 0 Å². The molecule has 1 atom stereocenters. The first kappa shape index (κ1) is 15.9. The molecule has 1 unspecified atom stereocenters. The van der Waals surface area contributed by atoms with E-state index in [1.807, 2.05) is 6.07 Å². The number of anilines is 1. The molecule has 0 saturated carbocycles. The Hall–Kier alpha value is -1.43. The quantitative estimate of drug-likeness (QED) is 0.906. The number of piperazine rings is 1. The van der Waals surface area contributed by atoms with Gasteiger partial charge in [-0.25, -0.2) is 0 Å². The highest BCUT2D eigenvalue weighted by molar-refractivity contribution is 5.51. The van der Waals surface area contributed by atoms with Gasteiger partial charge in [0.2, 0.25) is 0 Å². The number of halogens is 3. The molecule has 1 aliphatic rings. The van der Waals surface area contributed by atoms with Gasteiger partial charge < -0.3 is 15.0 Å². The SMILES string of the molecule is CC(C)(C)C1CN(c2cccc(OC(F)(F)F)c2)CCN1. The number of hydrogen-bond donors (Lipinski definition) is 1. The van der Waals surface area contributed by atoms with Crippen LogP contribution in [0.3, 0.4) is 0 Å². The topological polar surface area (TPSA) is 24.5 Å². The van der Waals surface area contributed by atoms with Crippen LogP contribution in [-0.2, 0) is 0 Å². The third-order valence-corrected chi connectivity index (χ3v) is 3.64. The van der Waals surface area contributed by atoms with Crippen molar-refractivity contribution in [3.63, 3.8) is 0 Å². The van der Waals surface area contributed by atoms with Gasteiger partial charge in [0.15, 0.2) is 0 Å². The molecule has 6 heteroatoms. The van der Waals surface area contributed by atoms with Gasteiger partial charge in [0.25, 0.3) is 0 Å². The summed E-state index contributed by atoms with van der Waals surface area (Å²) in [5, 5.41) is 3.46. The lowest BCUT2D eigenvalue weighted by Gasteiger charge is -2.41. The van der Waals surface area contributed by atoms with Crippen LogP contribution >= 0.6 is 0 Å². The fraction of sp³-hybridized carbons (Fsp3) is 0.600. The number of nitrogens with zero attached hydrogens (tertiary/aromatic N) is 1. The third kappa shape index (κ3) is 4.52. The predicted molar refractivity (Wildman–Crippen MR) is 76.6 cm³/mol. The molecule has 1 N–H and O–H groups in total. The molecule has 0 bridgehead atoms. The minimum absolute atomic E-state index is 0.0960. The standard InChI is InChI=1S/C15H21F3N2O/c1-14(2,3)13-10-20(8-7-19-13)11-5-4-6-12(9-11)21-15(16,17)18/h4-6,9,13,19H,7-8,10H2,1-3H3. The van der Waals surface area contributed by atoms with Crippen LogP contribution in [0.25, 0.3) is 0 Å². The monoisotopic (exact) mass is 302 g/mol. The number of alkyl halides is 3. The maximum absolute atomic E-state index is 12.3. The highest BCUT2D eigenvalue weighted by Crippen LogP contribution is 2.29. The van der Waals surface area contributed by atoms with E-state index < -0.39 is 6.36 Å². The summed E-state index contributed by atoms with van der Waals surface area (Å²) in [5.74, 6) is -0.175. The molecule has 0 amide bonds. The van der Waals surface area contributed by atoms with Crippen LogP contribution in [0, 0.1) is 5.41 Å². The Kier molecular flexibility index (Phi) is 4.37. The molecule has 3 nitrogen and oxygen atoms in total. The zero-order valence-electron chi connectivity index (χ0n) is 12.5. The van der Waals surface area contributed by atoms with E-state index in [0.717, 1.165) is 25.3 Å². The molecule has 0 spiro atoms. The van der Waals surface area contributed by atoms with E-state index in [1.54, 1.807) is 6.07 Å².